The number of fused-ring (bicyclic) bond motifs is 1. The molecule has 1 aromatic carbocycles. The number of halogens is 2. The van der Waals surface area contributed by atoms with Crippen molar-refractivity contribution in [3.63, 3.8) is 0 Å². The lowest BCUT2D eigenvalue weighted by atomic mass is 10.1. The Morgan fingerprint density at radius 3 is 2.63 bits per heavy atom. The molecule has 0 aliphatic heterocycles. The smallest absolute Gasteiger partial charge is 0.206 e. The highest BCUT2D eigenvalue weighted by Gasteiger charge is 2.18. The van der Waals surface area contributed by atoms with Crippen LogP contribution in [-0.4, -0.2) is 5.78 Å². The Morgan fingerprint density at radius 2 is 1.89 bits per heavy atom. The van der Waals surface area contributed by atoms with Gasteiger partial charge in [-0.25, -0.2) is 8.78 Å². The molecule has 0 aliphatic carbocycles. The van der Waals surface area contributed by atoms with Crippen LogP contribution in [-0.2, 0) is 0 Å². The van der Waals surface area contributed by atoms with E-state index in [1.807, 2.05) is 11.4 Å². The Hall–Kier alpha value is -1.59. The quantitative estimate of drug-likeness (QED) is 0.622. The van der Waals surface area contributed by atoms with Gasteiger partial charge in [0.2, 0.25) is 5.78 Å². The minimum absolute atomic E-state index is 0.196. The summed E-state index contributed by atoms with van der Waals surface area (Å²) in [5, 5.41) is 1.93. The van der Waals surface area contributed by atoms with Crippen LogP contribution in [0.5, 0.6) is 0 Å². The molecule has 0 N–H and O–H groups in total. The van der Waals surface area contributed by atoms with Gasteiger partial charge in [0, 0.05) is 9.40 Å². The molecule has 0 saturated heterocycles. The maximum Gasteiger partial charge on any atom is 0.206 e. The average molecular weight is 294 g/mol. The minimum Gasteiger partial charge on any atom is -0.288 e. The highest BCUT2D eigenvalue weighted by atomic mass is 32.1. The molecule has 19 heavy (non-hydrogen) atoms. The zero-order valence-corrected chi connectivity index (χ0v) is 11.5. The van der Waals surface area contributed by atoms with Crippen molar-refractivity contribution in [2.45, 2.75) is 6.92 Å². The number of carbonyl (C=O) groups excluding carboxylic acids is 1. The van der Waals surface area contributed by atoms with Gasteiger partial charge in [0.1, 0.15) is 11.6 Å². The second kappa shape index (κ2) is 4.51. The van der Waals surface area contributed by atoms with E-state index in [0.29, 0.717) is 4.88 Å². The number of ketones is 1. The maximum atomic E-state index is 13.8. The Balaban J connectivity index is 2.09. The van der Waals surface area contributed by atoms with Gasteiger partial charge in [-0.2, -0.15) is 0 Å². The van der Waals surface area contributed by atoms with Crippen LogP contribution in [0.1, 0.15) is 20.8 Å². The number of benzene rings is 1. The molecule has 0 amide bonds. The first-order valence-corrected chi connectivity index (χ1v) is 7.23. The lowest BCUT2D eigenvalue weighted by Crippen LogP contribution is -2.04. The van der Waals surface area contributed by atoms with Gasteiger partial charge in [-0.05, 0) is 42.1 Å². The summed E-state index contributed by atoms with van der Waals surface area (Å²) in [6, 6.07) is 5.66. The van der Waals surface area contributed by atoms with E-state index in [1.54, 1.807) is 6.07 Å². The summed E-state index contributed by atoms with van der Waals surface area (Å²) in [7, 11) is 0. The summed E-state index contributed by atoms with van der Waals surface area (Å²) in [5.74, 6) is -1.71. The van der Waals surface area contributed by atoms with E-state index < -0.39 is 17.4 Å². The Bertz CT molecular complexity index is 757. The van der Waals surface area contributed by atoms with E-state index in [2.05, 4.69) is 0 Å². The summed E-state index contributed by atoms with van der Waals surface area (Å²) in [6.45, 7) is 1.47. The highest BCUT2D eigenvalue weighted by molar-refractivity contribution is 7.28. The third kappa shape index (κ3) is 2.09. The molecule has 96 valence electrons. The fourth-order valence-corrected chi connectivity index (χ4v) is 3.89. The van der Waals surface area contributed by atoms with Gasteiger partial charge < -0.3 is 0 Å². The second-order valence-electron chi connectivity index (χ2n) is 4.17. The van der Waals surface area contributed by atoms with Crippen LogP contribution < -0.4 is 0 Å². The first-order valence-electron chi connectivity index (χ1n) is 5.53. The van der Waals surface area contributed by atoms with Crippen LogP contribution in [0.15, 0.2) is 29.6 Å². The van der Waals surface area contributed by atoms with Crippen molar-refractivity contribution < 1.29 is 13.6 Å². The Kier molecular flexibility index (Phi) is 2.95. The van der Waals surface area contributed by atoms with Crippen LogP contribution in [0.25, 0.3) is 9.40 Å². The fourth-order valence-electron chi connectivity index (χ4n) is 1.83. The van der Waals surface area contributed by atoms with Crippen molar-refractivity contribution in [1.29, 1.82) is 0 Å². The van der Waals surface area contributed by atoms with Crippen LogP contribution in [0.2, 0.25) is 0 Å². The van der Waals surface area contributed by atoms with Gasteiger partial charge in [0.05, 0.1) is 10.4 Å². The molecule has 0 radical (unpaired) electrons. The van der Waals surface area contributed by atoms with E-state index in [1.165, 1.54) is 29.6 Å². The number of thiophene rings is 2. The predicted molar refractivity (Wildman–Crippen MR) is 74.2 cm³/mol. The van der Waals surface area contributed by atoms with E-state index in [4.69, 9.17) is 0 Å². The van der Waals surface area contributed by atoms with E-state index >= 15 is 0 Å². The fraction of sp³-hybridized carbons (Fsp3) is 0.0714. The monoisotopic (exact) mass is 294 g/mol. The van der Waals surface area contributed by atoms with Crippen molar-refractivity contribution in [2.75, 3.05) is 0 Å². The Labute approximate surface area is 116 Å². The van der Waals surface area contributed by atoms with Gasteiger partial charge in [-0.1, -0.05) is 0 Å². The molecule has 1 nitrogen and oxygen atoms in total. The lowest BCUT2D eigenvalue weighted by molar-refractivity contribution is 0.103. The number of rotatable bonds is 2. The molecule has 0 aliphatic rings. The Morgan fingerprint density at radius 1 is 1.11 bits per heavy atom. The summed E-state index contributed by atoms with van der Waals surface area (Å²) in [6.07, 6.45) is 0. The summed E-state index contributed by atoms with van der Waals surface area (Å²) in [5.41, 5.74) is -0.0155. The molecule has 3 aromatic rings. The number of hydrogen-bond acceptors (Lipinski definition) is 3. The van der Waals surface area contributed by atoms with E-state index in [0.717, 1.165) is 21.5 Å². The van der Waals surface area contributed by atoms with Gasteiger partial charge in [-0.15, -0.1) is 22.7 Å². The van der Waals surface area contributed by atoms with Gasteiger partial charge in [0.25, 0.3) is 0 Å². The molecule has 3 rings (SSSR count). The van der Waals surface area contributed by atoms with E-state index in [9.17, 15) is 13.6 Å². The maximum absolute atomic E-state index is 13.8. The van der Waals surface area contributed by atoms with E-state index in [-0.39, 0.29) is 11.1 Å². The summed E-state index contributed by atoms with van der Waals surface area (Å²) < 4.78 is 29.2. The third-order valence-electron chi connectivity index (χ3n) is 2.86. The van der Waals surface area contributed by atoms with Crippen molar-refractivity contribution >= 4 is 37.9 Å². The average Bonchev–Trinajstić information content (AvgIpc) is 2.93. The van der Waals surface area contributed by atoms with Crippen molar-refractivity contribution in [1.82, 2.24) is 0 Å². The molecule has 0 saturated carbocycles. The predicted octanol–water partition coefficient (Wildman–Crippen LogP) is 4.78. The van der Waals surface area contributed by atoms with Crippen LogP contribution in [0, 0.1) is 18.6 Å². The van der Waals surface area contributed by atoms with Crippen molar-refractivity contribution in [3.8, 4) is 0 Å². The SMILES string of the molecule is Cc1cc(F)c(C(=O)c2cc3sccc3s2)cc1F. The zero-order chi connectivity index (χ0) is 13.6. The molecule has 0 atom stereocenters. The van der Waals surface area contributed by atoms with Gasteiger partial charge >= 0.3 is 0 Å². The molecule has 0 spiro atoms. The lowest BCUT2D eigenvalue weighted by Gasteiger charge is -2.03. The van der Waals surface area contributed by atoms with Gasteiger partial charge in [-0.3, -0.25) is 4.79 Å². The van der Waals surface area contributed by atoms with Crippen LogP contribution >= 0.6 is 22.7 Å². The molecular weight excluding hydrogens is 286 g/mol. The molecule has 2 heterocycles. The van der Waals surface area contributed by atoms with Crippen LogP contribution in [0.3, 0.4) is 0 Å². The topological polar surface area (TPSA) is 17.1 Å². The summed E-state index contributed by atoms with van der Waals surface area (Å²) >= 11 is 2.82. The number of carbonyl (C=O) groups is 1. The standard InChI is InChI=1S/C14H8F2OS2/c1-7-4-10(16)8(5-9(7)15)14(17)13-6-12-11(19-13)2-3-18-12/h2-6H,1H3. The largest absolute Gasteiger partial charge is 0.288 e. The molecular formula is C14H8F2OS2. The molecule has 0 unspecified atom stereocenters. The minimum atomic E-state index is -0.680. The second-order valence-corrected chi connectivity index (χ2v) is 6.20. The van der Waals surface area contributed by atoms with Gasteiger partial charge in [0.15, 0.2) is 0 Å². The number of aryl methyl sites for hydroxylation is 1. The van der Waals surface area contributed by atoms with Crippen LogP contribution in [0.4, 0.5) is 8.78 Å². The molecule has 0 bridgehead atoms. The normalized spacial score (nSPS) is 11.1. The molecule has 5 heteroatoms. The zero-order valence-electron chi connectivity index (χ0n) is 9.87. The first kappa shape index (κ1) is 12.4. The van der Waals surface area contributed by atoms with Crippen molar-refractivity contribution in [3.05, 3.63) is 57.3 Å². The molecule has 2 aromatic heterocycles. The number of hydrogen-bond donors (Lipinski definition) is 0. The highest BCUT2D eigenvalue weighted by Crippen LogP contribution is 2.31. The summed E-state index contributed by atoms with van der Waals surface area (Å²) in [4.78, 5) is 12.6. The van der Waals surface area contributed by atoms with Crippen molar-refractivity contribution in [2.24, 2.45) is 0 Å². The molecule has 0 fully saturated rings. The third-order valence-corrected chi connectivity index (χ3v) is 4.95. The first-order chi connectivity index (χ1) is 9.06.